The molecule has 1 radical (unpaired) electrons. The number of imidazole rings is 1. The second-order valence-corrected chi connectivity index (χ2v) is 22.1. The number of fused-ring (bicyclic) bond motifs is 1. The molecule has 5 rings (SSSR count). The molecule has 0 saturated carbocycles. The van der Waals surface area contributed by atoms with Crippen LogP contribution in [0.4, 0.5) is 5.95 Å². The summed E-state index contributed by atoms with van der Waals surface area (Å²) in [6, 6.07) is 4.29. The van der Waals surface area contributed by atoms with Crippen LogP contribution in [0.2, 0.25) is 0 Å². The number of amides is 3. The van der Waals surface area contributed by atoms with E-state index in [0.29, 0.717) is 28.2 Å². The fourth-order valence-corrected chi connectivity index (χ4v) is 11.3. The number of sulfonamides is 1. The Kier molecular flexibility index (Phi) is 25.3. The van der Waals surface area contributed by atoms with Gasteiger partial charge in [-0.2, -0.15) is 13.1 Å². The van der Waals surface area contributed by atoms with E-state index in [1.54, 1.807) is 61.0 Å². The molecule has 2 unspecified atom stereocenters. The average Bonchev–Trinajstić information content (AvgIpc) is 3.87. The number of carboxylic acids is 4. The second kappa shape index (κ2) is 30.5. The summed E-state index contributed by atoms with van der Waals surface area (Å²) in [6.45, 7) is 3.00. The van der Waals surface area contributed by atoms with E-state index >= 15 is 0 Å². The van der Waals surface area contributed by atoms with Crippen molar-refractivity contribution >= 4 is 78.6 Å². The zero-order valence-corrected chi connectivity index (χ0v) is 48.7. The number of aliphatic carboxylic acids is 4. The Morgan fingerprint density at radius 3 is 1.76 bits per heavy atom. The number of aryl methyl sites for hydroxylation is 4. The number of hydrogen-bond acceptors (Lipinski definition) is 18. The van der Waals surface area contributed by atoms with Crippen molar-refractivity contribution in [2.24, 2.45) is 0 Å². The Bertz CT molecular complexity index is 3110. The number of pyridine rings is 1. The third-order valence-electron chi connectivity index (χ3n) is 12.6. The Hall–Kier alpha value is -6.29. The number of nitrogens with zero attached hydrogens (tertiary/aromatic N) is 6. The number of nitrogens with one attached hydrogen (secondary N) is 6. The third kappa shape index (κ3) is 21.0. The summed E-state index contributed by atoms with van der Waals surface area (Å²) >= 11 is 0. The van der Waals surface area contributed by atoms with Crippen molar-refractivity contribution in [1.82, 2.24) is 54.8 Å². The number of benzene rings is 2. The zero-order valence-electron chi connectivity index (χ0n) is 44.2. The molecule has 0 aliphatic carbocycles. The second-order valence-electron chi connectivity index (χ2n) is 19.0. The number of rotatable bonds is 26. The Labute approximate surface area is 485 Å². The van der Waals surface area contributed by atoms with Gasteiger partial charge in [-0.15, -0.1) is 0 Å². The van der Waals surface area contributed by atoms with E-state index < -0.39 is 117 Å². The van der Waals surface area contributed by atoms with Gasteiger partial charge < -0.3 is 51.2 Å². The van der Waals surface area contributed by atoms with Crippen LogP contribution >= 0.6 is 0 Å². The Morgan fingerprint density at radius 1 is 0.738 bits per heavy atom. The molecule has 2 aromatic carbocycles. The molecule has 2 atom stereocenters. The summed E-state index contributed by atoms with van der Waals surface area (Å²) < 4.78 is 64.7. The van der Waals surface area contributed by atoms with Gasteiger partial charge in [-0.05, 0) is 56.0 Å². The van der Waals surface area contributed by atoms with Crippen molar-refractivity contribution < 1.29 is 108 Å². The van der Waals surface area contributed by atoms with Crippen molar-refractivity contribution in [3.63, 3.8) is 0 Å². The van der Waals surface area contributed by atoms with Gasteiger partial charge in [0.15, 0.2) is 5.95 Å². The predicted octanol–water partition coefficient (Wildman–Crippen LogP) is -2.22. The summed E-state index contributed by atoms with van der Waals surface area (Å²) in [4.78, 5) is 115. The molecule has 0 spiro atoms. The van der Waals surface area contributed by atoms with Crippen molar-refractivity contribution in [1.29, 1.82) is 0 Å². The molecular weight excluding hydrogens is 1170 g/mol. The minimum atomic E-state index is -4.91. The van der Waals surface area contributed by atoms with Gasteiger partial charge in [0, 0.05) is 135 Å². The fourth-order valence-electron chi connectivity index (χ4n) is 8.95. The van der Waals surface area contributed by atoms with Gasteiger partial charge in [-0.25, -0.2) is 13.4 Å². The first kappa shape index (κ1) is 66.2. The van der Waals surface area contributed by atoms with Crippen molar-refractivity contribution in [2.45, 2.75) is 57.3 Å². The number of aromatic amines is 1. The molecule has 0 bridgehead atoms. The van der Waals surface area contributed by atoms with Crippen LogP contribution in [-0.2, 0) is 94.7 Å². The van der Waals surface area contributed by atoms with Gasteiger partial charge in [-0.1, -0.05) is 23.8 Å². The number of carboxylic acid groups (broad SMARTS) is 4. The molecule has 1 fully saturated rings. The van der Waals surface area contributed by atoms with Crippen molar-refractivity contribution in [2.75, 3.05) is 103 Å². The molecule has 29 nitrogen and oxygen atoms in total. The number of carbonyl (C=O) groups excluding carboxylic acids is 3. The molecule has 32 heteroatoms. The molecule has 80 heavy (non-hydrogen) atoms. The number of aromatic nitrogens is 3. The van der Waals surface area contributed by atoms with Crippen LogP contribution in [0.1, 0.15) is 39.0 Å². The maximum atomic E-state index is 14.0. The van der Waals surface area contributed by atoms with Gasteiger partial charge in [0.1, 0.15) is 23.4 Å². The summed E-state index contributed by atoms with van der Waals surface area (Å²) in [6.07, 6.45) is 4.39. The zero-order chi connectivity index (χ0) is 58.2. The molecule has 1 saturated heterocycles. The van der Waals surface area contributed by atoms with E-state index in [4.69, 9.17) is 0 Å². The van der Waals surface area contributed by atoms with E-state index in [2.05, 4.69) is 36.0 Å². The maximum absolute atomic E-state index is 14.0. The van der Waals surface area contributed by atoms with E-state index in [1.165, 1.54) is 32.8 Å². The number of hydrogen-bond donors (Lipinski definition) is 11. The largest absolute Gasteiger partial charge is 0.480 e. The number of H-pyrrole nitrogens is 1. The summed E-state index contributed by atoms with van der Waals surface area (Å²) in [5.74, 6) is -8.84. The van der Waals surface area contributed by atoms with Crippen LogP contribution in [0.5, 0.6) is 0 Å². The fraction of sp³-hybridized carbons (Fsp3) is 0.479. The summed E-state index contributed by atoms with van der Waals surface area (Å²) in [5.41, 5.74) is 1.30. The van der Waals surface area contributed by atoms with E-state index in [1.807, 2.05) is 0 Å². The van der Waals surface area contributed by atoms with Gasteiger partial charge in [0.2, 0.25) is 27.3 Å². The molecule has 4 aromatic rings. The van der Waals surface area contributed by atoms with Crippen LogP contribution < -0.4 is 31.4 Å². The van der Waals surface area contributed by atoms with Crippen LogP contribution in [0.25, 0.3) is 10.9 Å². The van der Waals surface area contributed by atoms with Crippen LogP contribution in [0, 0.1) is 20.8 Å². The Morgan fingerprint density at radius 2 is 1.27 bits per heavy atom. The first-order chi connectivity index (χ1) is 37.2. The molecule has 2 aromatic heterocycles. The maximum Gasteiger partial charge on any atom is 0.323 e. The topological polar surface area (TPSA) is 413 Å². The van der Waals surface area contributed by atoms with Crippen molar-refractivity contribution in [3.8, 4) is 0 Å². The first-order valence-corrected chi connectivity index (χ1v) is 27.8. The SMILES string of the molecule is Cc1cc(C)c(S(=O)(=O)NC(CNC(=O)c2cn(CCCNC(=O)C(CS(=O)(=O)O)NC(=O)CN3CCN(CC(=O)O)CCN(CC(=O)O)CCN(CC(=O)O)CC3)c3cc(CNc4ncc[nH]4)ccc3c2=O)C(=O)O)c(C)c1.[90Y]. The van der Waals surface area contributed by atoms with E-state index in [0.717, 1.165) is 5.56 Å². The number of anilines is 1. The van der Waals surface area contributed by atoms with Crippen molar-refractivity contribution in [3.05, 3.63) is 87.0 Å². The molecular formula is C48H66N12O17S2Y. The third-order valence-corrected chi connectivity index (χ3v) is 15.1. The molecule has 3 heterocycles. The van der Waals surface area contributed by atoms with Gasteiger partial charge in [-0.3, -0.25) is 62.5 Å². The molecule has 3 amide bonds. The molecule has 11 N–H and O–H groups in total. The van der Waals surface area contributed by atoms with Crippen LogP contribution in [0.15, 0.2) is 58.6 Å². The molecule has 1 aliphatic rings. The van der Waals surface area contributed by atoms with Crippen LogP contribution in [-0.4, -0.2) is 227 Å². The average molecular weight is 1240 g/mol. The van der Waals surface area contributed by atoms with Crippen LogP contribution in [0.3, 0.4) is 0 Å². The quantitative estimate of drug-likeness (QED) is 0.0234. The molecule has 435 valence electrons. The first-order valence-electron chi connectivity index (χ1n) is 24.8. The Balaban J connectivity index is 0.0000138. The van der Waals surface area contributed by atoms with Gasteiger partial charge >= 0.3 is 23.9 Å². The molecule has 1 aliphatic heterocycles. The summed E-state index contributed by atoms with van der Waals surface area (Å²) in [5, 5.41) is 48.9. The standard InChI is InChI=1S/C48H66N12O17S2.Y/c1-30-19-31(2)44(32(3)20-30)79(76,77)55-36(47(71)72)23-52-45(69)35-24-60(38-21-33(5-6-34(38)43(35)68)22-53-48-50-8-9-51-48)10-4-7-49-46(70)37(29-78(73,74)75)54-39(61)25-56-11-13-57(26-40(62)63)15-17-59(28-42(66)67)18-16-58(14-12-56)27-41(64)65;/h5-6,8-9,19-21,24,36-37,55H,4,7,10-18,22-23,25-29H2,1-3H3,(H,49,70)(H,52,69)(H,54,61)(H,62,63)(H,64,65)(H,66,67)(H,71,72)(H2,50,51,53)(H,73,74,75);/i;1+1. The minimum absolute atomic E-state index is 0. The monoisotopic (exact) mass is 1240 g/mol. The van der Waals surface area contributed by atoms with E-state index in [-0.39, 0.29) is 128 Å². The van der Waals surface area contributed by atoms with Gasteiger partial charge in [0.05, 0.1) is 36.6 Å². The summed E-state index contributed by atoms with van der Waals surface area (Å²) in [7, 11) is -9.34. The minimum Gasteiger partial charge on any atom is -0.480 e. The predicted molar refractivity (Wildman–Crippen MR) is 283 cm³/mol. The van der Waals surface area contributed by atoms with Gasteiger partial charge in [0.25, 0.3) is 16.0 Å². The number of carbonyl (C=O) groups is 7. The normalized spacial score (nSPS) is 15.3. The van der Waals surface area contributed by atoms with E-state index in [9.17, 15) is 80.2 Å². The smallest absolute Gasteiger partial charge is 0.323 e.